The SMILES string of the molecule is COC(=O)CCc1nc2ccc(C(=O)NC[C@@H](NC(=O)OCc3ccccc3)C(=O)OC(C)(C)C)cc2n1C(=O)OC(C)(C)C. The Balaban J connectivity index is 1.81. The fourth-order valence-corrected chi connectivity index (χ4v) is 4.03. The van der Waals surface area contributed by atoms with E-state index in [-0.39, 0.29) is 42.9 Å². The van der Waals surface area contributed by atoms with Crippen LogP contribution in [0.5, 0.6) is 0 Å². The zero-order valence-electron chi connectivity index (χ0n) is 26.6. The Morgan fingerprint density at radius 1 is 0.911 bits per heavy atom. The monoisotopic (exact) mass is 624 g/mol. The van der Waals surface area contributed by atoms with E-state index in [1.54, 1.807) is 71.9 Å². The van der Waals surface area contributed by atoms with E-state index in [0.29, 0.717) is 5.52 Å². The van der Waals surface area contributed by atoms with E-state index in [1.807, 2.05) is 6.07 Å². The Morgan fingerprint density at radius 2 is 1.58 bits per heavy atom. The topological polar surface area (TPSA) is 164 Å². The quantitative estimate of drug-likeness (QED) is 0.246. The standard InChI is InChI=1S/C32H40N4O9/c1-31(2,3)44-28(39)23(35-29(40)43-19-20-11-9-8-10-12-20)18-33-27(38)21-13-14-22-24(17-21)36(30(41)45-32(4,5)6)25(34-22)15-16-26(37)42-7/h8-14,17,23H,15-16,18-19H2,1-7H3,(H,33,38)(H,35,40)/t23-/m1/s1. The zero-order valence-corrected chi connectivity index (χ0v) is 26.6. The van der Waals surface area contributed by atoms with Gasteiger partial charge < -0.3 is 29.6 Å². The average molecular weight is 625 g/mol. The summed E-state index contributed by atoms with van der Waals surface area (Å²) >= 11 is 0. The lowest BCUT2D eigenvalue weighted by molar-refractivity contribution is -0.157. The molecule has 242 valence electrons. The number of nitrogens with one attached hydrogen (secondary N) is 2. The molecule has 0 saturated heterocycles. The lowest BCUT2D eigenvalue weighted by Gasteiger charge is -2.24. The number of aryl methyl sites for hydroxylation is 1. The number of carbonyl (C=O) groups is 5. The lowest BCUT2D eigenvalue weighted by Crippen LogP contribution is -2.50. The fourth-order valence-electron chi connectivity index (χ4n) is 4.03. The summed E-state index contributed by atoms with van der Waals surface area (Å²) in [5.41, 5.74) is -0.111. The molecule has 0 radical (unpaired) electrons. The van der Waals surface area contributed by atoms with Crippen molar-refractivity contribution in [1.82, 2.24) is 20.2 Å². The Hall–Kier alpha value is -4.94. The predicted molar refractivity (Wildman–Crippen MR) is 163 cm³/mol. The third kappa shape index (κ3) is 10.6. The molecule has 0 saturated carbocycles. The van der Waals surface area contributed by atoms with Crippen LogP contribution in [0.25, 0.3) is 11.0 Å². The minimum Gasteiger partial charge on any atom is -0.469 e. The summed E-state index contributed by atoms with van der Waals surface area (Å²) < 4.78 is 22.2. The van der Waals surface area contributed by atoms with Gasteiger partial charge >= 0.3 is 24.1 Å². The number of imidazole rings is 1. The molecule has 1 atom stereocenters. The van der Waals surface area contributed by atoms with Gasteiger partial charge in [0.1, 0.15) is 29.7 Å². The van der Waals surface area contributed by atoms with Gasteiger partial charge in [0, 0.05) is 18.5 Å². The molecule has 0 fully saturated rings. The van der Waals surface area contributed by atoms with Crippen LogP contribution in [0.3, 0.4) is 0 Å². The molecule has 3 aromatic rings. The Kier molecular flexibility index (Phi) is 11.3. The summed E-state index contributed by atoms with van der Waals surface area (Å²) in [6.45, 7) is 9.83. The average Bonchev–Trinajstić information content (AvgIpc) is 3.33. The number of hydrogen-bond acceptors (Lipinski definition) is 10. The molecule has 0 unspecified atom stereocenters. The van der Waals surface area contributed by atoms with Crippen molar-refractivity contribution in [3.63, 3.8) is 0 Å². The number of ether oxygens (including phenoxy) is 4. The summed E-state index contributed by atoms with van der Waals surface area (Å²) in [5.74, 6) is -1.59. The molecule has 45 heavy (non-hydrogen) atoms. The first-order chi connectivity index (χ1) is 21.1. The summed E-state index contributed by atoms with van der Waals surface area (Å²) in [4.78, 5) is 68.1. The van der Waals surface area contributed by atoms with E-state index in [0.717, 1.165) is 5.56 Å². The minimum absolute atomic E-state index is 0.0208. The van der Waals surface area contributed by atoms with Crippen molar-refractivity contribution in [3.05, 3.63) is 65.5 Å². The number of benzene rings is 2. The van der Waals surface area contributed by atoms with Gasteiger partial charge in [0.25, 0.3) is 5.91 Å². The molecule has 0 aliphatic rings. The van der Waals surface area contributed by atoms with Crippen LogP contribution in [0.2, 0.25) is 0 Å². The maximum Gasteiger partial charge on any atom is 0.420 e. The number of esters is 2. The molecule has 2 N–H and O–H groups in total. The lowest BCUT2D eigenvalue weighted by atomic mass is 10.1. The highest BCUT2D eigenvalue weighted by molar-refractivity contribution is 5.99. The van der Waals surface area contributed by atoms with Crippen molar-refractivity contribution in [3.8, 4) is 0 Å². The summed E-state index contributed by atoms with van der Waals surface area (Å²) in [6, 6.07) is 12.2. The van der Waals surface area contributed by atoms with Crippen LogP contribution < -0.4 is 10.6 Å². The molecule has 2 amide bonds. The molecule has 3 rings (SSSR count). The summed E-state index contributed by atoms with van der Waals surface area (Å²) in [7, 11) is 1.26. The molecule has 2 aromatic carbocycles. The number of hydrogen-bond donors (Lipinski definition) is 2. The minimum atomic E-state index is -1.27. The molecule has 13 nitrogen and oxygen atoms in total. The zero-order chi connectivity index (χ0) is 33.4. The number of alkyl carbamates (subject to hydrolysis) is 1. The summed E-state index contributed by atoms with van der Waals surface area (Å²) in [6.07, 6.45) is -1.54. The maximum absolute atomic E-state index is 13.3. The molecule has 1 heterocycles. The van der Waals surface area contributed by atoms with Crippen molar-refractivity contribution in [2.24, 2.45) is 0 Å². The molecule has 13 heteroatoms. The second-order valence-corrected chi connectivity index (χ2v) is 12.1. The molecule has 0 aliphatic carbocycles. The number of nitrogens with zero attached hydrogens (tertiary/aromatic N) is 2. The molecular weight excluding hydrogens is 584 g/mol. The van der Waals surface area contributed by atoms with Gasteiger partial charge in [-0.25, -0.2) is 23.9 Å². The highest BCUT2D eigenvalue weighted by Gasteiger charge is 2.29. The van der Waals surface area contributed by atoms with Crippen LogP contribution in [0, 0.1) is 0 Å². The molecule has 0 spiro atoms. The van der Waals surface area contributed by atoms with Gasteiger partial charge in [-0.15, -0.1) is 0 Å². The highest BCUT2D eigenvalue weighted by atomic mass is 16.6. The van der Waals surface area contributed by atoms with E-state index >= 15 is 0 Å². The number of rotatable bonds is 10. The van der Waals surface area contributed by atoms with E-state index in [1.165, 1.54) is 23.8 Å². The second kappa shape index (κ2) is 14.7. The van der Waals surface area contributed by atoms with E-state index < -0.39 is 47.3 Å². The Labute approximate surface area is 261 Å². The van der Waals surface area contributed by atoms with Crippen LogP contribution in [0.1, 0.15) is 69.7 Å². The number of fused-ring (bicyclic) bond motifs is 1. The van der Waals surface area contributed by atoms with Gasteiger partial charge in [-0.2, -0.15) is 0 Å². The van der Waals surface area contributed by atoms with Crippen LogP contribution in [0.15, 0.2) is 48.5 Å². The first-order valence-corrected chi connectivity index (χ1v) is 14.4. The third-order valence-electron chi connectivity index (χ3n) is 6.01. The highest BCUT2D eigenvalue weighted by Crippen LogP contribution is 2.22. The predicted octanol–water partition coefficient (Wildman–Crippen LogP) is 4.29. The van der Waals surface area contributed by atoms with E-state index in [2.05, 4.69) is 15.6 Å². The van der Waals surface area contributed by atoms with Gasteiger partial charge in [-0.1, -0.05) is 30.3 Å². The van der Waals surface area contributed by atoms with Crippen LogP contribution >= 0.6 is 0 Å². The first-order valence-electron chi connectivity index (χ1n) is 14.4. The van der Waals surface area contributed by atoms with E-state index in [9.17, 15) is 24.0 Å². The van der Waals surface area contributed by atoms with Crippen LogP contribution in [-0.4, -0.2) is 70.5 Å². The first kappa shape index (κ1) is 34.5. The van der Waals surface area contributed by atoms with E-state index in [4.69, 9.17) is 18.9 Å². The molecule has 0 aliphatic heterocycles. The van der Waals surface area contributed by atoms with Gasteiger partial charge in [0.05, 0.1) is 24.6 Å². The number of methoxy groups -OCH3 is 1. The van der Waals surface area contributed by atoms with Crippen molar-refractivity contribution in [2.75, 3.05) is 13.7 Å². The largest absolute Gasteiger partial charge is 0.469 e. The molecule has 0 bridgehead atoms. The van der Waals surface area contributed by atoms with Gasteiger partial charge in [-0.05, 0) is 65.3 Å². The number of aromatic nitrogens is 2. The Morgan fingerprint density at radius 3 is 2.20 bits per heavy atom. The summed E-state index contributed by atoms with van der Waals surface area (Å²) in [5, 5.41) is 5.09. The van der Waals surface area contributed by atoms with Gasteiger partial charge in [0.2, 0.25) is 0 Å². The maximum atomic E-state index is 13.3. The van der Waals surface area contributed by atoms with Crippen LogP contribution in [0.4, 0.5) is 9.59 Å². The molecular formula is C32H40N4O9. The molecule has 1 aromatic heterocycles. The van der Waals surface area contributed by atoms with Crippen molar-refractivity contribution in [2.45, 2.75) is 78.2 Å². The number of amides is 2. The Bertz CT molecular complexity index is 1540. The van der Waals surface area contributed by atoms with Crippen molar-refractivity contribution >= 4 is 41.1 Å². The van der Waals surface area contributed by atoms with Gasteiger partial charge in [0.15, 0.2) is 0 Å². The smallest absolute Gasteiger partial charge is 0.420 e. The van der Waals surface area contributed by atoms with Gasteiger partial charge in [-0.3, -0.25) is 9.59 Å². The van der Waals surface area contributed by atoms with Crippen molar-refractivity contribution < 1.29 is 42.9 Å². The fraction of sp³-hybridized carbons (Fsp3) is 0.438. The van der Waals surface area contributed by atoms with Crippen molar-refractivity contribution in [1.29, 1.82) is 0 Å². The van der Waals surface area contributed by atoms with Crippen LogP contribution in [-0.2, 0) is 41.6 Å². The number of carbonyl (C=O) groups excluding carboxylic acids is 5. The normalized spacial score (nSPS) is 12.2. The third-order valence-corrected chi connectivity index (χ3v) is 6.01. The second-order valence-electron chi connectivity index (χ2n) is 12.1.